The van der Waals surface area contributed by atoms with Gasteiger partial charge in [0.2, 0.25) is 5.91 Å². The Bertz CT molecular complexity index is 1180. The maximum absolute atomic E-state index is 13.1. The number of imide groups is 1. The third-order valence-corrected chi connectivity index (χ3v) is 5.79. The van der Waals surface area contributed by atoms with Crippen molar-refractivity contribution in [2.75, 3.05) is 11.9 Å². The van der Waals surface area contributed by atoms with Crippen molar-refractivity contribution in [1.29, 1.82) is 0 Å². The summed E-state index contributed by atoms with van der Waals surface area (Å²) in [7, 11) is 0. The van der Waals surface area contributed by atoms with Crippen LogP contribution in [0.5, 0.6) is 0 Å². The van der Waals surface area contributed by atoms with Gasteiger partial charge in [-0.15, -0.1) is 0 Å². The number of anilines is 1. The molecule has 0 saturated carbocycles. The van der Waals surface area contributed by atoms with E-state index in [9.17, 15) is 14.4 Å². The van der Waals surface area contributed by atoms with E-state index in [2.05, 4.69) is 10.6 Å². The molecule has 1 aliphatic heterocycles. The maximum Gasteiger partial charge on any atom is 0.325 e. The molecule has 0 bridgehead atoms. The fourth-order valence-electron chi connectivity index (χ4n) is 4.10. The van der Waals surface area contributed by atoms with Crippen molar-refractivity contribution in [2.24, 2.45) is 0 Å². The van der Waals surface area contributed by atoms with Crippen molar-refractivity contribution in [3.05, 3.63) is 101 Å². The molecule has 2 N–H and O–H groups in total. The number of nitrogens with one attached hydrogen (secondary N) is 2. The monoisotopic (exact) mass is 427 g/mol. The molecule has 0 spiro atoms. The van der Waals surface area contributed by atoms with Gasteiger partial charge in [-0.3, -0.25) is 14.5 Å². The molecule has 6 nitrogen and oxygen atoms in total. The Morgan fingerprint density at radius 2 is 1.59 bits per heavy atom. The van der Waals surface area contributed by atoms with Crippen LogP contribution in [0.15, 0.2) is 78.9 Å². The highest BCUT2D eigenvalue weighted by Gasteiger charge is 2.50. The van der Waals surface area contributed by atoms with Crippen LogP contribution >= 0.6 is 0 Å². The van der Waals surface area contributed by atoms with Crippen molar-refractivity contribution >= 4 is 23.5 Å². The van der Waals surface area contributed by atoms with Gasteiger partial charge in [-0.1, -0.05) is 72.8 Å². The number of aryl methyl sites for hydroxylation is 1. The first-order valence-electron chi connectivity index (χ1n) is 10.5. The van der Waals surface area contributed by atoms with Crippen molar-refractivity contribution < 1.29 is 14.4 Å². The van der Waals surface area contributed by atoms with Crippen LogP contribution in [0, 0.1) is 6.92 Å². The second kappa shape index (κ2) is 8.67. The van der Waals surface area contributed by atoms with Gasteiger partial charge in [-0.25, -0.2) is 4.79 Å². The van der Waals surface area contributed by atoms with E-state index in [0.29, 0.717) is 12.1 Å². The van der Waals surface area contributed by atoms with Crippen LogP contribution in [-0.2, 0) is 21.5 Å². The predicted octanol–water partition coefficient (Wildman–Crippen LogP) is 3.99. The van der Waals surface area contributed by atoms with Gasteiger partial charge in [-0.2, -0.15) is 0 Å². The van der Waals surface area contributed by atoms with Crippen LogP contribution < -0.4 is 10.6 Å². The second-order valence-electron chi connectivity index (χ2n) is 8.13. The average Bonchev–Trinajstić information content (AvgIpc) is 3.00. The SMILES string of the molecule is Cc1ccccc1C1(C)NC(=O)N(CC(=O)Nc2ccccc2Cc2ccccc2)C1=O. The number of amides is 4. The van der Waals surface area contributed by atoms with E-state index < -0.39 is 23.4 Å². The summed E-state index contributed by atoms with van der Waals surface area (Å²) in [4.78, 5) is 39.5. The van der Waals surface area contributed by atoms with Crippen molar-refractivity contribution in [2.45, 2.75) is 25.8 Å². The standard InChI is InChI=1S/C26H25N3O3/c1-18-10-6-8-14-21(18)26(2)24(31)29(25(32)28-26)17-23(30)27-22-15-9-7-13-20(22)16-19-11-4-3-5-12-19/h3-15H,16-17H2,1-2H3,(H,27,30)(H,28,32). The molecule has 6 heteroatoms. The summed E-state index contributed by atoms with van der Waals surface area (Å²) in [5, 5.41) is 5.62. The third-order valence-electron chi connectivity index (χ3n) is 5.79. The number of benzene rings is 3. The Morgan fingerprint density at radius 3 is 2.34 bits per heavy atom. The van der Waals surface area contributed by atoms with Gasteiger partial charge in [0.05, 0.1) is 0 Å². The lowest BCUT2D eigenvalue weighted by Crippen LogP contribution is -2.42. The van der Waals surface area contributed by atoms with E-state index in [-0.39, 0.29) is 6.54 Å². The van der Waals surface area contributed by atoms with Crippen LogP contribution in [0.1, 0.15) is 29.2 Å². The molecule has 1 heterocycles. The Hall–Kier alpha value is -3.93. The number of nitrogens with zero attached hydrogens (tertiary/aromatic N) is 1. The summed E-state index contributed by atoms with van der Waals surface area (Å²) in [6.45, 7) is 3.20. The van der Waals surface area contributed by atoms with Gasteiger partial charge in [0.1, 0.15) is 12.1 Å². The number of carbonyl (C=O) groups excluding carboxylic acids is 3. The summed E-state index contributed by atoms with van der Waals surface area (Å²) in [5.41, 5.74) is 3.15. The van der Waals surface area contributed by atoms with Crippen LogP contribution in [-0.4, -0.2) is 29.3 Å². The van der Waals surface area contributed by atoms with E-state index in [1.54, 1.807) is 6.92 Å². The molecule has 1 saturated heterocycles. The molecular formula is C26H25N3O3. The number of hydrogen-bond donors (Lipinski definition) is 2. The van der Waals surface area contributed by atoms with Crippen LogP contribution in [0.2, 0.25) is 0 Å². The average molecular weight is 428 g/mol. The fraction of sp³-hybridized carbons (Fsp3) is 0.192. The summed E-state index contributed by atoms with van der Waals surface area (Å²) < 4.78 is 0. The van der Waals surface area contributed by atoms with E-state index in [1.165, 1.54) is 0 Å². The molecule has 1 atom stereocenters. The van der Waals surface area contributed by atoms with Crippen molar-refractivity contribution in [3.8, 4) is 0 Å². The number of urea groups is 1. The van der Waals surface area contributed by atoms with Crippen molar-refractivity contribution in [3.63, 3.8) is 0 Å². The Morgan fingerprint density at radius 1 is 0.938 bits per heavy atom. The van der Waals surface area contributed by atoms with Gasteiger partial charge in [0.25, 0.3) is 5.91 Å². The number of rotatable bonds is 6. The van der Waals surface area contributed by atoms with Gasteiger partial charge in [-0.05, 0) is 48.6 Å². The Balaban J connectivity index is 1.49. The lowest BCUT2D eigenvalue weighted by molar-refractivity contribution is -0.133. The molecule has 4 rings (SSSR count). The molecule has 4 amide bonds. The van der Waals surface area contributed by atoms with E-state index in [0.717, 1.165) is 27.2 Å². The molecule has 3 aromatic carbocycles. The van der Waals surface area contributed by atoms with Gasteiger partial charge < -0.3 is 10.6 Å². The third kappa shape index (κ3) is 4.12. The normalized spacial score (nSPS) is 17.9. The summed E-state index contributed by atoms with van der Waals surface area (Å²) in [6, 6.07) is 24.3. The van der Waals surface area contributed by atoms with Crippen LogP contribution in [0.25, 0.3) is 0 Å². The molecule has 0 aliphatic carbocycles. The van der Waals surface area contributed by atoms with E-state index in [4.69, 9.17) is 0 Å². The first-order valence-corrected chi connectivity index (χ1v) is 10.5. The van der Waals surface area contributed by atoms with Crippen LogP contribution in [0.4, 0.5) is 10.5 Å². The summed E-state index contributed by atoms with van der Waals surface area (Å²) in [5.74, 6) is -0.868. The smallest absolute Gasteiger partial charge is 0.324 e. The highest BCUT2D eigenvalue weighted by atomic mass is 16.2. The number of hydrogen-bond acceptors (Lipinski definition) is 3. The Labute approximate surface area is 187 Å². The fourth-order valence-corrected chi connectivity index (χ4v) is 4.10. The molecule has 32 heavy (non-hydrogen) atoms. The first kappa shape index (κ1) is 21.3. The maximum atomic E-state index is 13.1. The quantitative estimate of drug-likeness (QED) is 0.584. The molecular weight excluding hydrogens is 402 g/mol. The zero-order chi connectivity index (χ0) is 22.7. The van der Waals surface area contributed by atoms with Gasteiger partial charge in [0.15, 0.2) is 0 Å². The zero-order valence-electron chi connectivity index (χ0n) is 18.1. The predicted molar refractivity (Wildman–Crippen MR) is 123 cm³/mol. The molecule has 3 aromatic rings. The summed E-state index contributed by atoms with van der Waals surface area (Å²) in [6.07, 6.45) is 0.659. The molecule has 1 aliphatic rings. The molecule has 0 radical (unpaired) electrons. The lowest BCUT2D eigenvalue weighted by Gasteiger charge is -2.24. The largest absolute Gasteiger partial charge is 0.325 e. The Kier molecular flexibility index (Phi) is 5.77. The van der Waals surface area contributed by atoms with E-state index in [1.807, 2.05) is 85.8 Å². The highest BCUT2D eigenvalue weighted by Crippen LogP contribution is 2.31. The van der Waals surface area contributed by atoms with E-state index >= 15 is 0 Å². The lowest BCUT2D eigenvalue weighted by atomic mass is 9.88. The number of carbonyl (C=O) groups is 3. The highest BCUT2D eigenvalue weighted by molar-refractivity contribution is 6.10. The summed E-state index contributed by atoms with van der Waals surface area (Å²) >= 11 is 0. The number of para-hydroxylation sites is 1. The first-order chi connectivity index (χ1) is 15.4. The minimum absolute atomic E-state index is 0.355. The molecule has 0 aromatic heterocycles. The van der Waals surface area contributed by atoms with Crippen molar-refractivity contribution in [1.82, 2.24) is 10.2 Å². The zero-order valence-corrected chi connectivity index (χ0v) is 18.1. The van der Waals surface area contributed by atoms with Crippen LogP contribution in [0.3, 0.4) is 0 Å². The minimum Gasteiger partial charge on any atom is -0.324 e. The minimum atomic E-state index is -1.20. The van der Waals surface area contributed by atoms with Gasteiger partial charge >= 0.3 is 6.03 Å². The second-order valence-corrected chi connectivity index (χ2v) is 8.13. The van der Waals surface area contributed by atoms with Gasteiger partial charge in [0, 0.05) is 5.69 Å². The molecule has 1 unspecified atom stereocenters. The molecule has 1 fully saturated rings. The molecule has 162 valence electrons. The topological polar surface area (TPSA) is 78.5 Å².